The predicted octanol–water partition coefficient (Wildman–Crippen LogP) is 3.86. The Morgan fingerprint density at radius 1 is 1.21 bits per heavy atom. The van der Waals surface area contributed by atoms with Crippen LogP contribution in [-0.2, 0) is 0 Å². The number of benzene rings is 1. The van der Waals surface area contributed by atoms with Gasteiger partial charge < -0.3 is 9.30 Å². The molecule has 126 valence electrons. The number of ketones is 1. The van der Waals surface area contributed by atoms with Gasteiger partial charge >= 0.3 is 0 Å². The van der Waals surface area contributed by atoms with Crippen LogP contribution in [0, 0.1) is 0 Å². The molecule has 1 heterocycles. The van der Waals surface area contributed by atoms with Crippen molar-refractivity contribution >= 4 is 17.5 Å². The van der Waals surface area contributed by atoms with Gasteiger partial charge in [-0.1, -0.05) is 11.8 Å². The van der Waals surface area contributed by atoms with Crippen molar-refractivity contribution in [1.82, 2.24) is 14.8 Å². The number of methoxy groups -OCH3 is 1. The first-order valence-electron chi connectivity index (χ1n) is 8.47. The van der Waals surface area contributed by atoms with Crippen LogP contribution in [-0.4, -0.2) is 32.9 Å². The number of rotatable bonds is 7. The van der Waals surface area contributed by atoms with Crippen LogP contribution in [0.15, 0.2) is 29.4 Å². The third-order valence-corrected chi connectivity index (χ3v) is 5.63. The molecule has 0 amide bonds. The molecule has 2 aliphatic rings. The van der Waals surface area contributed by atoms with Crippen LogP contribution in [0.25, 0.3) is 0 Å². The maximum atomic E-state index is 12.7. The lowest BCUT2D eigenvalue weighted by Gasteiger charge is -2.12. The summed E-state index contributed by atoms with van der Waals surface area (Å²) in [4.78, 5) is 12.7. The summed E-state index contributed by atoms with van der Waals surface area (Å²) < 4.78 is 7.44. The Morgan fingerprint density at radius 3 is 2.50 bits per heavy atom. The van der Waals surface area contributed by atoms with E-state index in [0.29, 0.717) is 17.5 Å². The van der Waals surface area contributed by atoms with Crippen LogP contribution in [0.5, 0.6) is 5.75 Å². The minimum Gasteiger partial charge on any atom is -0.497 e. The number of thioether (sulfide) groups is 1. The molecule has 2 fully saturated rings. The van der Waals surface area contributed by atoms with Crippen molar-refractivity contribution in [3.8, 4) is 5.75 Å². The molecule has 1 atom stereocenters. The predicted molar refractivity (Wildman–Crippen MR) is 92.9 cm³/mol. The van der Waals surface area contributed by atoms with Gasteiger partial charge in [0.1, 0.15) is 11.6 Å². The molecule has 0 spiro atoms. The summed E-state index contributed by atoms with van der Waals surface area (Å²) in [6.45, 7) is 1.94. The third kappa shape index (κ3) is 3.07. The lowest BCUT2D eigenvalue weighted by Crippen LogP contribution is -2.15. The van der Waals surface area contributed by atoms with E-state index in [4.69, 9.17) is 4.74 Å². The Balaban J connectivity index is 1.51. The molecule has 6 heteroatoms. The van der Waals surface area contributed by atoms with E-state index in [1.807, 2.05) is 31.2 Å². The van der Waals surface area contributed by atoms with E-state index < -0.39 is 0 Å². The second-order valence-corrected chi connectivity index (χ2v) is 7.88. The summed E-state index contributed by atoms with van der Waals surface area (Å²) in [7, 11) is 1.62. The monoisotopic (exact) mass is 343 g/mol. The van der Waals surface area contributed by atoms with Gasteiger partial charge in [0.05, 0.1) is 12.4 Å². The van der Waals surface area contributed by atoms with E-state index in [1.165, 1.54) is 37.4 Å². The first kappa shape index (κ1) is 15.7. The van der Waals surface area contributed by atoms with Gasteiger partial charge in [0.25, 0.3) is 0 Å². The first-order valence-corrected chi connectivity index (χ1v) is 9.35. The molecule has 24 heavy (non-hydrogen) atoms. The van der Waals surface area contributed by atoms with Gasteiger partial charge in [-0.15, -0.1) is 10.2 Å². The lowest BCUT2D eigenvalue weighted by molar-refractivity contribution is 0.0994. The van der Waals surface area contributed by atoms with Crippen molar-refractivity contribution in [2.24, 2.45) is 0 Å². The maximum Gasteiger partial charge on any atom is 0.192 e. The van der Waals surface area contributed by atoms with Crippen molar-refractivity contribution in [2.45, 2.75) is 55.0 Å². The van der Waals surface area contributed by atoms with Gasteiger partial charge in [0.2, 0.25) is 0 Å². The Bertz CT molecular complexity index is 748. The molecule has 2 aliphatic carbocycles. The number of ether oxygens (including phenoxy) is 1. The van der Waals surface area contributed by atoms with Crippen LogP contribution >= 0.6 is 11.8 Å². The minimum absolute atomic E-state index is 0.112. The molecular formula is C18H21N3O2S. The summed E-state index contributed by atoms with van der Waals surface area (Å²) in [6.07, 6.45) is 4.84. The van der Waals surface area contributed by atoms with Gasteiger partial charge in [-0.25, -0.2) is 0 Å². The highest BCUT2D eigenvalue weighted by Crippen LogP contribution is 2.46. The summed E-state index contributed by atoms with van der Waals surface area (Å²) in [5.41, 5.74) is 0.704. The molecule has 0 N–H and O–H groups in total. The zero-order valence-electron chi connectivity index (χ0n) is 13.9. The van der Waals surface area contributed by atoms with E-state index in [0.717, 1.165) is 16.7 Å². The lowest BCUT2D eigenvalue weighted by atomic mass is 10.1. The standard InChI is InChI=1S/C18H21N3O2S/c1-11(16(22)12-5-9-15(23-2)10-6-12)24-18-20-19-17(13-3-4-13)21(18)14-7-8-14/h5-6,9-11,13-14H,3-4,7-8H2,1-2H3/t11-/m1/s1. The van der Waals surface area contributed by atoms with Gasteiger partial charge in [-0.3, -0.25) is 4.79 Å². The molecule has 0 radical (unpaired) electrons. The van der Waals surface area contributed by atoms with Crippen LogP contribution in [0.1, 0.15) is 60.7 Å². The van der Waals surface area contributed by atoms with Crippen molar-refractivity contribution in [2.75, 3.05) is 7.11 Å². The highest BCUT2D eigenvalue weighted by atomic mass is 32.2. The normalized spacial score (nSPS) is 18.4. The third-order valence-electron chi connectivity index (χ3n) is 4.57. The molecule has 2 aromatic rings. The highest BCUT2D eigenvalue weighted by molar-refractivity contribution is 8.00. The number of carbonyl (C=O) groups is 1. The summed E-state index contributed by atoms with van der Waals surface area (Å²) in [5, 5.41) is 9.51. The molecule has 0 aliphatic heterocycles. The fourth-order valence-electron chi connectivity index (χ4n) is 2.87. The van der Waals surface area contributed by atoms with E-state index in [1.54, 1.807) is 7.11 Å². The molecule has 0 bridgehead atoms. The van der Waals surface area contributed by atoms with E-state index in [2.05, 4.69) is 14.8 Å². The second-order valence-electron chi connectivity index (χ2n) is 6.57. The largest absolute Gasteiger partial charge is 0.497 e. The molecule has 2 saturated carbocycles. The number of nitrogens with zero attached hydrogens (tertiary/aromatic N) is 3. The van der Waals surface area contributed by atoms with E-state index in [-0.39, 0.29) is 11.0 Å². The van der Waals surface area contributed by atoms with Crippen molar-refractivity contribution in [3.63, 3.8) is 0 Å². The smallest absolute Gasteiger partial charge is 0.192 e. The fourth-order valence-corrected chi connectivity index (χ4v) is 3.87. The van der Waals surface area contributed by atoms with E-state index >= 15 is 0 Å². The van der Waals surface area contributed by atoms with Gasteiger partial charge in [-0.05, 0) is 56.9 Å². The second kappa shape index (κ2) is 6.24. The Kier molecular flexibility index (Phi) is 4.08. The quantitative estimate of drug-likeness (QED) is 0.564. The molecule has 0 saturated heterocycles. The number of aromatic nitrogens is 3. The first-order chi connectivity index (χ1) is 11.7. The van der Waals surface area contributed by atoms with Crippen LogP contribution in [0.2, 0.25) is 0 Å². The molecular weight excluding hydrogens is 322 g/mol. The minimum atomic E-state index is -0.188. The van der Waals surface area contributed by atoms with Crippen molar-refractivity contribution in [1.29, 1.82) is 0 Å². The summed E-state index contributed by atoms with van der Waals surface area (Å²) >= 11 is 1.53. The van der Waals surface area contributed by atoms with Gasteiger partial charge in [0.15, 0.2) is 10.9 Å². The van der Waals surface area contributed by atoms with Gasteiger partial charge in [-0.2, -0.15) is 0 Å². The summed E-state index contributed by atoms with van der Waals surface area (Å²) in [5.74, 6) is 2.58. The van der Waals surface area contributed by atoms with Crippen LogP contribution < -0.4 is 4.74 Å². The Labute approximate surface area is 145 Å². The molecule has 5 nitrogen and oxygen atoms in total. The topological polar surface area (TPSA) is 57.0 Å². The Morgan fingerprint density at radius 2 is 1.92 bits per heavy atom. The van der Waals surface area contributed by atoms with Crippen molar-refractivity contribution < 1.29 is 9.53 Å². The Hall–Kier alpha value is -1.82. The average molecular weight is 343 g/mol. The number of carbonyl (C=O) groups excluding carboxylic acids is 1. The van der Waals surface area contributed by atoms with E-state index in [9.17, 15) is 4.79 Å². The summed E-state index contributed by atoms with van der Waals surface area (Å²) in [6, 6.07) is 7.82. The van der Waals surface area contributed by atoms with Crippen LogP contribution in [0.4, 0.5) is 0 Å². The number of hydrogen-bond acceptors (Lipinski definition) is 5. The zero-order valence-corrected chi connectivity index (χ0v) is 14.8. The highest BCUT2D eigenvalue weighted by Gasteiger charge is 2.37. The molecule has 0 unspecified atom stereocenters. The van der Waals surface area contributed by atoms with Crippen LogP contribution in [0.3, 0.4) is 0 Å². The van der Waals surface area contributed by atoms with Crippen molar-refractivity contribution in [3.05, 3.63) is 35.7 Å². The van der Waals surface area contributed by atoms with Gasteiger partial charge in [0, 0.05) is 17.5 Å². The average Bonchev–Trinajstić information content (AvgIpc) is 3.53. The molecule has 4 rings (SSSR count). The number of hydrogen-bond donors (Lipinski definition) is 0. The SMILES string of the molecule is COc1ccc(C(=O)[C@@H](C)Sc2nnc(C3CC3)n2C2CC2)cc1. The maximum absolute atomic E-state index is 12.7. The zero-order chi connectivity index (χ0) is 16.7. The fraction of sp³-hybridized carbons (Fsp3) is 0.500. The number of Topliss-reactive ketones (excluding diaryl/α,β-unsaturated/α-hetero) is 1. The molecule has 1 aromatic carbocycles. The molecule has 1 aromatic heterocycles.